The Balaban J connectivity index is 3.42. The van der Waals surface area contributed by atoms with Crippen LogP contribution in [0.15, 0.2) is 25.5 Å². The van der Waals surface area contributed by atoms with Crippen molar-refractivity contribution < 1.29 is 19.4 Å². The van der Waals surface area contributed by atoms with Gasteiger partial charge in [-0.25, -0.2) is 0 Å². The standard InChI is InChI=1S/C10H16O4/c1-3-7-13-8-9(11)5-6-10(12)14-4-2/h3-4,9,11H,1-2,5-8H2. The van der Waals surface area contributed by atoms with Gasteiger partial charge in [0, 0.05) is 6.42 Å². The summed E-state index contributed by atoms with van der Waals surface area (Å²) in [5, 5.41) is 9.30. The van der Waals surface area contributed by atoms with Crippen molar-refractivity contribution in [1.29, 1.82) is 0 Å². The molecule has 0 aliphatic heterocycles. The Bertz CT molecular complexity index is 189. The molecule has 4 nitrogen and oxygen atoms in total. The SMILES string of the molecule is C=CCOCC(O)CCC(=O)OC=C. The Kier molecular flexibility index (Phi) is 7.78. The molecule has 0 saturated carbocycles. The Morgan fingerprint density at radius 3 is 2.79 bits per heavy atom. The average molecular weight is 200 g/mol. The second-order valence-electron chi connectivity index (χ2n) is 2.68. The molecule has 1 unspecified atom stereocenters. The largest absolute Gasteiger partial charge is 0.435 e. The predicted molar refractivity (Wildman–Crippen MR) is 52.5 cm³/mol. The normalized spacial score (nSPS) is 11.8. The molecule has 0 saturated heterocycles. The average Bonchev–Trinajstić information content (AvgIpc) is 2.16. The Hall–Kier alpha value is -1.13. The molecule has 0 bridgehead atoms. The maximum atomic E-state index is 10.8. The molecule has 14 heavy (non-hydrogen) atoms. The van der Waals surface area contributed by atoms with E-state index in [1.807, 2.05) is 0 Å². The van der Waals surface area contributed by atoms with Crippen LogP contribution in [-0.4, -0.2) is 30.4 Å². The second kappa shape index (κ2) is 8.47. The summed E-state index contributed by atoms with van der Waals surface area (Å²) in [5.74, 6) is -0.400. The predicted octanol–water partition coefficient (Wildman–Crippen LogP) is 1.02. The van der Waals surface area contributed by atoms with Crippen molar-refractivity contribution >= 4 is 5.97 Å². The van der Waals surface area contributed by atoms with Crippen molar-refractivity contribution in [2.45, 2.75) is 18.9 Å². The van der Waals surface area contributed by atoms with E-state index >= 15 is 0 Å². The maximum absolute atomic E-state index is 10.8. The first kappa shape index (κ1) is 12.9. The van der Waals surface area contributed by atoms with Crippen LogP contribution in [-0.2, 0) is 14.3 Å². The molecule has 0 aliphatic rings. The minimum absolute atomic E-state index is 0.157. The summed E-state index contributed by atoms with van der Waals surface area (Å²) in [7, 11) is 0. The molecule has 0 rings (SSSR count). The molecule has 1 atom stereocenters. The van der Waals surface area contributed by atoms with Crippen LogP contribution >= 0.6 is 0 Å². The fraction of sp³-hybridized carbons (Fsp3) is 0.500. The number of aliphatic hydroxyl groups is 1. The minimum Gasteiger partial charge on any atom is -0.435 e. The lowest BCUT2D eigenvalue weighted by Crippen LogP contribution is -2.17. The first-order valence-corrected chi connectivity index (χ1v) is 4.37. The number of aliphatic hydroxyl groups excluding tert-OH is 1. The van der Waals surface area contributed by atoms with Gasteiger partial charge >= 0.3 is 5.97 Å². The zero-order chi connectivity index (χ0) is 10.8. The van der Waals surface area contributed by atoms with Gasteiger partial charge in [0.1, 0.15) is 0 Å². The third-order valence-corrected chi connectivity index (χ3v) is 1.44. The molecule has 0 radical (unpaired) electrons. The summed E-state index contributed by atoms with van der Waals surface area (Å²) in [4.78, 5) is 10.8. The van der Waals surface area contributed by atoms with E-state index in [0.29, 0.717) is 13.0 Å². The number of rotatable bonds is 8. The third-order valence-electron chi connectivity index (χ3n) is 1.44. The van der Waals surface area contributed by atoms with Gasteiger partial charge in [0.15, 0.2) is 0 Å². The number of hydrogen-bond donors (Lipinski definition) is 1. The summed E-state index contributed by atoms with van der Waals surface area (Å²) in [6, 6.07) is 0. The van der Waals surface area contributed by atoms with Gasteiger partial charge < -0.3 is 14.6 Å². The number of ether oxygens (including phenoxy) is 2. The molecule has 0 spiro atoms. The lowest BCUT2D eigenvalue weighted by atomic mass is 10.2. The van der Waals surface area contributed by atoms with E-state index in [0.717, 1.165) is 6.26 Å². The molecular weight excluding hydrogens is 184 g/mol. The van der Waals surface area contributed by atoms with Gasteiger partial charge in [-0.15, -0.1) is 6.58 Å². The van der Waals surface area contributed by atoms with Crippen molar-refractivity contribution in [2.75, 3.05) is 13.2 Å². The van der Waals surface area contributed by atoms with E-state index in [1.165, 1.54) is 0 Å². The zero-order valence-electron chi connectivity index (χ0n) is 8.15. The monoisotopic (exact) mass is 200 g/mol. The molecule has 0 heterocycles. The second-order valence-corrected chi connectivity index (χ2v) is 2.68. The highest BCUT2D eigenvalue weighted by molar-refractivity contribution is 5.69. The lowest BCUT2D eigenvalue weighted by molar-refractivity contribution is -0.138. The van der Waals surface area contributed by atoms with Gasteiger partial charge in [0.2, 0.25) is 0 Å². The lowest BCUT2D eigenvalue weighted by Gasteiger charge is -2.08. The molecule has 0 amide bonds. The molecule has 0 aromatic rings. The third kappa shape index (κ3) is 7.52. The number of carbonyl (C=O) groups is 1. The fourth-order valence-corrected chi connectivity index (χ4v) is 0.807. The number of hydrogen-bond acceptors (Lipinski definition) is 4. The molecule has 80 valence electrons. The summed E-state index contributed by atoms with van der Waals surface area (Å²) < 4.78 is 9.47. The Morgan fingerprint density at radius 1 is 1.50 bits per heavy atom. The van der Waals surface area contributed by atoms with Crippen LogP contribution < -0.4 is 0 Å². The van der Waals surface area contributed by atoms with Crippen LogP contribution in [0, 0.1) is 0 Å². The summed E-state index contributed by atoms with van der Waals surface area (Å²) in [5.41, 5.74) is 0. The van der Waals surface area contributed by atoms with Crippen LogP contribution in [0.1, 0.15) is 12.8 Å². The minimum atomic E-state index is -0.646. The number of carbonyl (C=O) groups excluding carboxylic acids is 1. The van der Waals surface area contributed by atoms with Crippen LogP contribution in [0.4, 0.5) is 0 Å². The molecule has 0 aliphatic carbocycles. The van der Waals surface area contributed by atoms with Gasteiger partial charge in [-0.2, -0.15) is 0 Å². The molecule has 0 fully saturated rings. The first-order valence-electron chi connectivity index (χ1n) is 4.37. The topological polar surface area (TPSA) is 55.8 Å². The smallest absolute Gasteiger partial charge is 0.310 e. The molecule has 4 heteroatoms. The van der Waals surface area contributed by atoms with E-state index in [1.54, 1.807) is 6.08 Å². The zero-order valence-corrected chi connectivity index (χ0v) is 8.15. The van der Waals surface area contributed by atoms with Crippen LogP contribution in [0.25, 0.3) is 0 Å². The van der Waals surface area contributed by atoms with Gasteiger partial charge in [-0.05, 0) is 6.42 Å². The highest BCUT2D eigenvalue weighted by Crippen LogP contribution is 2.00. The van der Waals surface area contributed by atoms with Crippen molar-refractivity contribution in [3.05, 3.63) is 25.5 Å². The molecule has 0 aromatic carbocycles. The maximum Gasteiger partial charge on any atom is 0.310 e. The van der Waals surface area contributed by atoms with Crippen molar-refractivity contribution in [3.8, 4) is 0 Å². The summed E-state index contributed by atoms with van der Waals surface area (Å²) in [6.07, 6.45) is 2.50. The van der Waals surface area contributed by atoms with Gasteiger partial charge in [0.25, 0.3) is 0 Å². The summed E-state index contributed by atoms with van der Waals surface area (Å²) in [6.45, 7) is 7.31. The highest BCUT2D eigenvalue weighted by Gasteiger charge is 2.08. The Morgan fingerprint density at radius 2 is 2.21 bits per heavy atom. The van der Waals surface area contributed by atoms with E-state index in [-0.39, 0.29) is 13.0 Å². The van der Waals surface area contributed by atoms with E-state index in [9.17, 15) is 9.90 Å². The van der Waals surface area contributed by atoms with Gasteiger partial charge in [0.05, 0.1) is 25.6 Å². The summed E-state index contributed by atoms with van der Waals surface area (Å²) >= 11 is 0. The Labute approximate surface area is 83.8 Å². The molecule has 0 aromatic heterocycles. The van der Waals surface area contributed by atoms with Gasteiger partial charge in [-0.1, -0.05) is 12.7 Å². The number of esters is 1. The first-order chi connectivity index (χ1) is 6.70. The van der Waals surface area contributed by atoms with Crippen molar-refractivity contribution in [2.24, 2.45) is 0 Å². The van der Waals surface area contributed by atoms with Gasteiger partial charge in [-0.3, -0.25) is 4.79 Å². The van der Waals surface area contributed by atoms with Crippen molar-refractivity contribution in [1.82, 2.24) is 0 Å². The molecular formula is C10H16O4. The van der Waals surface area contributed by atoms with E-state index in [2.05, 4.69) is 17.9 Å². The van der Waals surface area contributed by atoms with E-state index < -0.39 is 12.1 Å². The van der Waals surface area contributed by atoms with E-state index in [4.69, 9.17) is 4.74 Å². The van der Waals surface area contributed by atoms with Crippen LogP contribution in [0.5, 0.6) is 0 Å². The van der Waals surface area contributed by atoms with Crippen LogP contribution in [0.3, 0.4) is 0 Å². The quantitative estimate of drug-likeness (QED) is 0.275. The fourth-order valence-electron chi connectivity index (χ4n) is 0.807. The van der Waals surface area contributed by atoms with Crippen LogP contribution in [0.2, 0.25) is 0 Å². The molecule has 1 N–H and O–H groups in total. The van der Waals surface area contributed by atoms with Crippen molar-refractivity contribution in [3.63, 3.8) is 0 Å². The highest BCUT2D eigenvalue weighted by atomic mass is 16.5.